The fraction of sp³-hybridized carbons (Fsp3) is 0.385. The van der Waals surface area contributed by atoms with Crippen molar-refractivity contribution in [1.82, 2.24) is 0 Å². The summed E-state index contributed by atoms with van der Waals surface area (Å²) >= 11 is 3.31. The number of carboxylic acids is 1. The average Bonchev–Trinajstić information content (AvgIpc) is 2.27. The molecule has 0 amide bonds. The van der Waals surface area contributed by atoms with Crippen LogP contribution >= 0.6 is 15.9 Å². The van der Waals surface area contributed by atoms with Crippen LogP contribution in [0.25, 0.3) is 0 Å². The van der Waals surface area contributed by atoms with Crippen LogP contribution in [0.2, 0.25) is 0 Å². The number of ketones is 1. The van der Waals surface area contributed by atoms with E-state index in [1.165, 1.54) is 6.92 Å². The molecule has 0 saturated heterocycles. The Kier molecular flexibility index (Phi) is 4.87. The first-order valence-corrected chi connectivity index (χ1v) is 6.35. The second kappa shape index (κ2) is 5.96. The summed E-state index contributed by atoms with van der Waals surface area (Å²) < 4.78 is 0. The molecule has 1 aromatic rings. The molecule has 1 aromatic carbocycles. The highest BCUT2D eigenvalue weighted by atomic mass is 79.9. The maximum absolute atomic E-state index is 11.4. The third-order valence-electron chi connectivity index (χ3n) is 2.59. The molecule has 0 saturated carbocycles. The average molecular weight is 299 g/mol. The van der Waals surface area contributed by atoms with Crippen LogP contribution in [0.1, 0.15) is 35.4 Å². The van der Waals surface area contributed by atoms with Crippen molar-refractivity contribution in [3.8, 4) is 0 Å². The summed E-state index contributed by atoms with van der Waals surface area (Å²) in [5.41, 5.74) is 2.55. The van der Waals surface area contributed by atoms with E-state index in [9.17, 15) is 9.59 Å². The van der Waals surface area contributed by atoms with E-state index in [1.54, 1.807) is 6.07 Å². The highest BCUT2D eigenvalue weighted by Crippen LogP contribution is 2.28. The van der Waals surface area contributed by atoms with Crippen LogP contribution in [0, 0.1) is 0 Å². The molecule has 0 bridgehead atoms. The van der Waals surface area contributed by atoms with Gasteiger partial charge in [-0.3, -0.25) is 9.59 Å². The van der Waals surface area contributed by atoms with Gasteiger partial charge in [-0.05, 0) is 30.0 Å². The van der Waals surface area contributed by atoms with Gasteiger partial charge in [-0.2, -0.15) is 0 Å². The van der Waals surface area contributed by atoms with E-state index >= 15 is 0 Å². The third-order valence-corrected chi connectivity index (χ3v) is 3.73. The number of benzene rings is 1. The zero-order valence-electron chi connectivity index (χ0n) is 9.87. The van der Waals surface area contributed by atoms with Crippen LogP contribution < -0.4 is 0 Å². The van der Waals surface area contributed by atoms with Crippen molar-refractivity contribution in [1.29, 1.82) is 0 Å². The summed E-state index contributed by atoms with van der Waals surface area (Å²) in [7, 11) is 0. The van der Waals surface area contributed by atoms with Crippen LogP contribution in [0.5, 0.6) is 0 Å². The summed E-state index contributed by atoms with van der Waals surface area (Å²) in [5, 5.41) is 8.84. The topological polar surface area (TPSA) is 54.4 Å². The number of aliphatic carboxylic acids is 1. The molecule has 3 nitrogen and oxygen atoms in total. The number of carbonyl (C=O) groups excluding carboxylic acids is 1. The molecular weight excluding hydrogens is 284 g/mol. The summed E-state index contributed by atoms with van der Waals surface area (Å²) in [5.74, 6) is -0.913. The van der Waals surface area contributed by atoms with E-state index in [1.807, 2.05) is 19.1 Å². The summed E-state index contributed by atoms with van der Waals surface area (Å²) in [6.45, 7) is 3.51. The van der Waals surface area contributed by atoms with E-state index in [0.717, 1.165) is 17.5 Å². The molecule has 4 heteroatoms. The number of rotatable bonds is 5. The quantitative estimate of drug-likeness (QED) is 0.851. The van der Waals surface area contributed by atoms with Gasteiger partial charge in [0.25, 0.3) is 0 Å². The highest BCUT2D eigenvalue weighted by Gasteiger charge is 2.18. The zero-order chi connectivity index (χ0) is 13.0. The molecule has 0 aliphatic heterocycles. The lowest BCUT2D eigenvalue weighted by molar-refractivity contribution is -0.136. The molecule has 0 aliphatic rings. The van der Waals surface area contributed by atoms with Gasteiger partial charge in [0.05, 0.1) is 11.2 Å². The molecule has 0 spiro atoms. The Morgan fingerprint density at radius 1 is 1.41 bits per heavy atom. The van der Waals surface area contributed by atoms with Crippen LogP contribution in [0.15, 0.2) is 18.2 Å². The Labute approximate surface area is 109 Å². The van der Waals surface area contributed by atoms with Gasteiger partial charge in [0.1, 0.15) is 5.78 Å². The Balaban J connectivity index is 3.20. The van der Waals surface area contributed by atoms with Crippen molar-refractivity contribution in [3.05, 3.63) is 34.9 Å². The van der Waals surface area contributed by atoms with Crippen LogP contribution in [-0.2, 0) is 22.4 Å². The van der Waals surface area contributed by atoms with Crippen molar-refractivity contribution >= 4 is 27.7 Å². The summed E-state index contributed by atoms with van der Waals surface area (Å²) in [6, 6.07) is 5.60. The standard InChI is InChI=1S/C13H15BrO3/c1-3-9-4-5-10(7-12(16)17)11(6-9)13(14)8(2)15/h4-6,13H,3,7H2,1-2H3,(H,16,17). The largest absolute Gasteiger partial charge is 0.481 e. The smallest absolute Gasteiger partial charge is 0.307 e. The molecule has 0 heterocycles. The summed E-state index contributed by atoms with van der Waals surface area (Å²) in [4.78, 5) is 21.7. The molecule has 1 rings (SSSR count). The van der Waals surface area contributed by atoms with E-state index in [2.05, 4.69) is 15.9 Å². The Morgan fingerprint density at radius 2 is 2.06 bits per heavy atom. The minimum Gasteiger partial charge on any atom is -0.481 e. The molecule has 0 aliphatic carbocycles. The summed E-state index contributed by atoms with van der Waals surface area (Å²) in [6.07, 6.45) is 0.798. The molecule has 0 fully saturated rings. The van der Waals surface area contributed by atoms with Gasteiger partial charge in [0.2, 0.25) is 0 Å². The van der Waals surface area contributed by atoms with Gasteiger partial charge in [0, 0.05) is 0 Å². The van der Waals surface area contributed by atoms with Crippen molar-refractivity contribution in [2.24, 2.45) is 0 Å². The Hall–Kier alpha value is -1.16. The number of Topliss-reactive ketones (excluding diaryl/α,β-unsaturated/α-hetero) is 1. The van der Waals surface area contributed by atoms with Gasteiger partial charge < -0.3 is 5.11 Å². The predicted octanol–water partition coefficient (Wildman–Crippen LogP) is 2.90. The number of hydrogen-bond donors (Lipinski definition) is 1. The highest BCUT2D eigenvalue weighted by molar-refractivity contribution is 9.09. The minimum atomic E-state index is -0.890. The molecule has 0 radical (unpaired) electrons. The first-order chi connectivity index (χ1) is 7.95. The number of aryl methyl sites for hydroxylation is 1. The van der Waals surface area contributed by atoms with Gasteiger partial charge in [-0.15, -0.1) is 0 Å². The monoisotopic (exact) mass is 298 g/mol. The van der Waals surface area contributed by atoms with E-state index in [0.29, 0.717) is 5.56 Å². The number of hydrogen-bond acceptors (Lipinski definition) is 2. The van der Waals surface area contributed by atoms with E-state index in [-0.39, 0.29) is 12.2 Å². The Morgan fingerprint density at radius 3 is 2.53 bits per heavy atom. The van der Waals surface area contributed by atoms with E-state index < -0.39 is 10.8 Å². The van der Waals surface area contributed by atoms with Gasteiger partial charge in [0.15, 0.2) is 0 Å². The van der Waals surface area contributed by atoms with Crippen LogP contribution in [0.4, 0.5) is 0 Å². The minimum absolute atomic E-state index is 0.0232. The van der Waals surface area contributed by atoms with Gasteiger partial charge >= 0.3 is 5.97 Å². The number of halogens is 1. The number of carboxylic acid groups (broad SMARTS) is 1. The fourth-order valence-electron chi connectivity index (χ4n) is 1.64. The van der Waals surface area contributed by atoms with Crippen molar-refractivity contribution in [3.63, 3.8) is 0 Å². The zero-order valence-corrected chi connectivity index (χ0v) is 11.5. The SMILES string of the molecule is CCc1ccc(CC(=O)O)c(C(Br)C(C)=O)c1. The maximum atomic E-state index is 11.4. The molecule has 1 N–H and O–H groups in total. The molecule has 92 valence electrons. The number of carbonyl (C=O) groups is 2. The molecular formula is C13H15BrO3. The van der Waals surface area contributed by atoms with Crippen molar-refractivity contribution in [2.75, 3.05) is 0 Å². The first-order valence-electron chi connectivity index (χ1n) is 5.43. The lowest BCUT2D eigenvalue weighted by Gasteiger charge is -2.13. The van der Waals surface area contributed by atoms with Gasteiger partial charge in [-0.25, -0.2) is 0 Å². The molecule has 1 unspecified atom stereocenters. The second-order valence-corrected chi connectivity index (χ2v) is 4.85. The molecule has 1 atom stereocenters. The van der Waals surface area contributed by atoms with Crippen LogP contribution in [0.3, 0.4) is 0 Å². The number of alkyl halides is 1. The lowest BCUT2D eigenvalue weighted by atomic mass is 9.97. The van der Waals surface area contributed by atoms with Crippen molar-refractivity contribution < 1.29 is 14.7 Å². The van der Waals surface area contributed by atoms with Gasteiger partial charge in [-0.1, -0.05) is 41.1 Å². The molecule has 17 heavy (non-hydrogen) atoms. The lowest BCUT2D eigenvalue weighted by Crippen LogP contribution is -2.09. The Bertz CT molecular complexity index is 440. The fourth-order valence-corrected chi connectivity index (χ4v) is 2.07. The van der Waals surface area contributed by atoms with E-state index in [4.69, 9.17) is 5.11 Å². The molecule has 0 aromatic heterocycles. The first kappa shape index (κ1) is 13.9. The third kappa shape index (κ3) is 3.66. The second-order valence-electron chi connectivity index (χ2n) is 3.93. The predicted molar refractivity (Wildman–Crippen MR) is 69.5 cm³/mol. The van der Waals surface area contributed by atoms with Crippen molar-refractivity contribution in [2.45, 2.75) is 31.5 Å². The van der Waals surface area contributed by atoms with Crippen LogP contribution in [-0.4, -0.2) is 16.9 Å². The normalized spacial score (nSPS) is 12.2. The maximum Gasteiger partial charge on any atom is 0.307 e.